The molecule has 1 atom stereocenters. The van der Waals surface area contributed by atoms with E-state index >= 15 is 8.78 Å². The lowest BCUT2D eigenvalue weighted by Gasteiger charge is -2.56. The van der Waals surface area contributed by atoms with E-state index in [0.717, 1.165) is 81.5 Å². The number of rotatable bonds is 9. The summed E-state index contributed by atoms with van der Waals surface area (Å²) < 4.78 is 34.5. The van der Waals surface area contributed by atoms with Gasteiger partial charge in [-0.15, -0.1) is 0 Å². The molecular weight excluding hydrogens is 880 g/mol. The Labute approximate surface area is 389 Å². The van der Waals surface area contributed by atoms with E-state index in [4.69, 9.17) is 26.7 Å². The zero-order valence-electron chi connectivity index (χ0n) is 36.7. The standard InChI is InChI=1S/C47H48ClF2N15O2/c48-39-9-13-52-46(58-39)63-16-12-47(63)10-14-61(15-11-47)40-7-1-29(24-53-40)42-43-30(23-51)25-55-65(43)28-38(57-42)31-26-54-64(27-31)34-4-2-33(3-5-34)60-17-19-62(20-18-60)44-35(49)21-32(22-36(44)50)56-37-6-8-41(66)59-45(37)67/h1,7,9,13,21-22,24-28,33-34,37,56H,2-6,8,10-12,14-20H2,(H,59,66,67)/t33-,34-,37?. The second-order valence-corrected chi connectivity index (χ2v) is 18.7. The zero-order valence-corrected chi connectivity index (χ0v) is 37.4. The summed E-state index contributed by atoms with van der Waals surface area (Å²) in [4.78, 5) is 51.4. The van der Waals surface area contributed by atoms with Crippen LogP contribution in [0.3, 0.4) is 0 Å². The van der Waals surface area contributed by atoms with Crippen LogP contribution in [0, 0.1) is 23.0 Å². The van der Waals surface area contributed by atoms with Gasteiger partial charge in [-0.25, -0.2) is 33.2 Å². The Morgan fingerprint density at radius 2 is 1.57 bits per heavy atom. The number of nitriles is 1. The highest BCUT2D eigenvalue weighted by atomic mass is 35.5. The lowest BCUT2D eigenvalue weighted by Crippen LogP contribution is -2.65. The number of fused-ring (bicyclic) bond motifs is 1. The maximum Gasteiger partial charge on any atom is 0.249 e. The minimum absolute atomic E-state index is 0.0319. The summed E-state index contributed by atoms with van der Waals surface area (Å²) in [5, 5.41) is 24.9. The maximum absolute atomic E-state index is 15.4. The van der Waals surface area contributed by atoms with Crippen molar-refractivity contribution in [3.8, 4) is 28.6 Å². The van der Waals surface area contributed by atoms with Gasteiger partial charge in [0.05, 0.1) is 36.0 Å². The number of pyridine rings is 1. The molecule has 17 nitrogen and oxygen atoms in total. The number of carbonyl (C=O) groups is 2. The van der Waals surface area contributed by atoms with Crippen LogP contribution >= 0.6 is 11.6 Å². The molecule has 5 aromatic heterocycles. The Morgan fingerprint density at radius 3 is 2.25 bits per heavy atom. The Kier molecular flexibility index (Phi) is 11.2. The van der Waals surface area contributed by atoms with Gasteiger partial charge in [-0.2, -0.15) is 15.5 Å². The molecule has 4 aliphatic heterocycles. The summed E-state index contributed by atoms with van der Waals surface area (Å²) in [7, 11) is 0. The number of amides is 2. The highest BCUT2D eigenvalue weighted by molar-refractivity contribution is 6.29. The van der Waals surface area contributed by atoms with E-state index in [9.17, 15) is 14.9 Å². The molecule has 2 amide bonds. The van der Waals surface area contributed by atoms with Gasteiger partial charge in [-0.3, -0.25) is 24.5 Å². The molecule has 0 bridgehead atoms. The minimum Gasteiger partial charge on any atom is -0.373 e. The van der Waals surface area contributed by atoms with Crippen molar-refractivity contribution >= 4 is 52.1 Å². The molecule has 1 aliphatic carbocycles. The molecule has 67 heavy (non-hydrogen) atoms. The van der Waals surface area contributed by atoms with Crippen LogP contribution in [0.5, 0.6) is 0 Å². The van der Waals surface area contributed by atoms with Crippen molar-refractivity contribution < 1.29 is 18.4 Å². The maximum atomic E-state index is 15.4. The molecule has 5 fully saturated rings. The first-order valence-corrected chi connectivity index (χ1v) is 23.4. The molecule has 20 heteroatoms. The van der Waals surface area contributed by atoms with Gasteiger partial charge in [0.1, 0.15) is 39.8 Å². The Hall–Kier alpha value is -6.78. The molecule has 2 N–H and O–H groups in total. The smallest absolute Gasteiger partial charge is 0.249 e. The number of hydrogen-bond donors (Lipinski definition) is 2. The van der Waals surface area contributed by atoms with Crippen LogP contribution in [-0.4, -0.2) is 119 Å². The van der Waals surface area contributed by atoms with Gasteiger partial charge in [0.25, 0.3) is 0 Å². The zero-order chi connectivity index (χ0) is 45.8. The first-order chi connectivity index (χ1) is 32.6. The van der Waals surface area contributed by atoms with Gasteiger partial charge in [0.2, 0.25) is 17.8 Å². The van der Waals surface area contributed by atoms with Gasteiger partial charge in [0, 0.05) is 99.2 Å². The van der Waals surface area contributed by atoms with Gasteiger partial charge in [-0.05, 0) is 81.7 Å². The van der Waals surface area contributed by atoms with Crippen molar-refractivity contribution in [2.45, 2.75) is 81.5 Å². The van der Waals surface area contributed by atoms with Crippen molar-refractivity contribution in [3.63, 3.8) is 0 Å². The average molecular weight is 928 g/mol. The number of nitrogens with one attached hydrogen (secondary N) is 2. The molecular formula is C47H48ClF2N15O2. The molecule has 0 radical (unpaired) electrons. The molecule has 344 valence electrons. The number of anilines is 4. The average Bonchev–Trinajstić information content (AvgIpc) is 4.01. The summed E-state index contributed by atoms with van der Waals surface area (Å²) in [6, 6.07) is 10.3. The molecule has 5 aliphatic rings. The van der Waals surface area contributed by atoms with Crippen LogP contribution in [0.2, 0.25) is 5.15 Å². The number of hydrogen-bond acceptors (Lipinski definition) is 14. The normalized spacial score (nSPS) is 22.2. The summed E-state index contributed by atoms with van der Waals surface area (Å²) >= 11 is 6.19. The molecule has 1 saturated carbocycles. The predicted octanol–water partition coefficient (Wildman–Crippen LogP) is 6.02. The number of halogens is 3. The van der Waals surface area contributed by atoms with Gasteiger partial charge >= 0.3 is 0 Å². The largest absolute Gasteiger partial charge is 0.373 e. The SMILES string of the molecule is N#Cc1cnn2cc(-c3cnn([C@H]4CC[C@H](N5CCN(c6c(F)cc(NC7CCC(=O)NC7=O)cc6F)CC5)CC4)c3)nc(-c3ccc(N4CCC5(CC4)CCN5c4nccc(Cl)n4)nc3)c12. The molecule has 6 aromatic rings. The number of piperazine rings is 1. The highest BCUT2D eigenvalue weighted by Crippen LogP contribution is 2.43. The van der Waals surface area contributed by atoms with Crippen LogP contribution < -0.4 is 25.3 Å². The fourth-order valence-corrected chi connectivity index (χ4v) is 10.9. The third-order valence-corrected chi connectivity index (χ3v) is 14.8. The summed E-state index contributed by atoms with van der Waals surface area (Å²) in [5.41, 5.74) is 4.10. The van der Waals surface area contributed by atoms with Crippen molar-refractivity contribution in [3.05, 3.63) is 89.9 Å². The quantitative estimate of drug-likeness (QED) is 0.127. The second kappa shape index (κ2) is 17.5. The summed E-state index contributed by atoms with van der Waals surface area (Å²) in [6.07, 6.45) is 18.1. The van der Waals surface area contributed by atoms with E-state index in [0.29, 0.717) is 65.8 Å². The van der Waals surface area contributed by atoms with E-state index in [1.165, 1.54) is 12.1 Å². The third kappa shape index (κ3) is 8.15. The predicted molar refractivity (Wildman–Crippen MR) is 247 cm³/mol. The van der Waals surface area contributed by atoms with Gasteiger partial charge < -0.3 is 20.0 Å². The number of nitrogens with zero attached hydrogens (tertiary/aromatic N) is 13. The molecule has 9 heterocycles. The van der Waals surface area contributed by atoms with E-state index in [1.54, 1.807) is 27.9 Å². The number of aromatic nitrogens is 8. The van der Waals surface area contributed by atoms with Gasteiger partial charge in [0.15, 0.2) is 11.6 Å². The van der Waals surface area contributed by atoms with Crippen molar-refractivity contribution in [1.82, 2.24) is 49.5 Å². The Bertz CT molecular complexity index is 2870. The number of benzene rings is 1. The lowest BCUT2D eigenvalue weighted by molar-refractivity contribution is -0.133. The number of imide groups is 1. The monoisotopic (exact) mass is 927 g/mol. The number of piperidine rings is 2. The summed E-state index contributed by atoms with van der Waals surface area (Å²) in [5.74, 6) is -0.650. The van der Waals surface area contributed by atoms with Crippen molar-refractivity contribution in [2.24, 2.45) is 0 Å². The van der Waals surface area contributed by atoms with Gasteiger partial charge in [-0.1, -0.05) is 11.6 Å². The fourth-order valence-electron chi connectivity index (χ4n) is 10.8. The molecule has 1 spiro atoms. The number of carbonyl (C=O) groups excluding carboxylic acids is 2. The van der Waals surface area contributed by atoms with E-state index < -0.39 is 23.6 Å². The Balaban J connectivity index is 0.717. The first-order valence-electron chi connectivity index (χ1n) is 23.0. The Morgan fingerprint density at radius 1 is 0.806 bits per heavy atom. The summed E-state index contributed by atoms with van der Waals surface area (Å²) in [6.45, 7) is 4.97. The van der Waals surface area contributed by atoms with Crippen LogP contribution in [0.4, 0.5) is 31.9 Å². The topological polar surface area (TPSA) is 182 Å². The van der Waals surface area contributed by atoms with Crippen LogP contribution in [0.25, 0.3) is 28.0 Å². The first kappa shape index (κ1) is 42.8. The molecule has 4 saturated heterocycles. The van der Waals surface area contributed by atoms with Crippen molar-refractivity contribution in [1.29, 1.82) is 5.26 Å². The van der Waals surface area contributed by atoms with E-state index in [2.05, 4.69) is 46.5 Å². The van der Waals surface area contributed by atoms with Crippen LogP contribution in [0.15, 0.2) is 67.5 Å². The second-order valence-electron chi connectivity index (χ2n) is 18.3. The molecule has 1 unspecified atom stereocenters. The van der Waals surface area contributed by atoms with Crippen LogP contribution in [0.1, 0.15) is 69.4 Å². The lowest BCUT2D eigenvalue weighted by atomic mass is 9.76. The van der Waals surface area contributed by atoms with E-state index in [1.807, 2.05) is 41.6 Å². The van der Waals surface area contributed by atoms with Crippen molar-refractivity contribution in [2.75, 3.05) is 65.8 Å². The minimum atomic E-state index is -0.731. The molecule has 1 aromatic carbocycles. The molecule has 11 rings (SSSR count). The third-order valence-electron chi connectivity index (χ3n) is 14.6. The van der Waals surface area contributed by atoms with E-state index in [-0.39, 0.29) is 41.7 Å². The van der Waals surface area contributed by atoms with Crippen LogP contribution in [-0.2, 0) is 9.59 Å². The highest BCUT2D eigenvalue weighted by Gasteiger charge is 2.48. The fraction of sp³-hybridized carbons (Fsp3) is 0.426.